The number of nitrogens with one attached hydrogen (secondary N) is 1. The fourth-order valence-corrected chi connectivity index (χ4v) is 3.47. The van der Waals surface area contributed by atoms with Gasteiger partial charge in [0.25, 0.3) is 0 Å². The van der Waals surface area contributed by atoms with Crippen LogP contribution in [0.2, 0.25) is 5.02 Å². The van der Waals surface area contributed by atoms with E-state index in [1.54, 1.807) is 0 Å². The molecular weight excluding hydrogens is 306 g/mol. The van der Waals surface area contributed by atoms with Crippen LogP contribution < -0.4 is 5.32 Å². The van der Waals surface area contributed by atoms with Crippen molar-refractivity contribution in [3.05, 3.63) is 40.4 Å². The van der Waals surface area contributed by atoms with E-state index in [4.69, 9.17) is 11.6 Å². The number of halogens is 1. The van der Waals surface area contributed by atoms with Crippen LogP contribution in [-0.4, -0.2) is 42.0 Å². The summed E-state index contributed by atoms with van der Waals surface area (Å²) >= 11 is 7.71. The summed E-state index contributed by atoms with van der Waals surface area (Å²) in [5, 5.41) is 6.74. The van der Waals surface area contributed by atoms with Gasteiger partial charge >= 0.3 is 0 Å². The van der Waals surface area contributed by atoms with E-state index in [0.717, 1.165) is 42.4 Å². The van der Waals surface area contributed by atoms with Crippen LogP contribution in [0.4, 0.5) is 0 Å². The number of piperazine rings is 1. The number of thiazole rings is 1. The van der Waals surface area contributed by atoms with Crippen molar-refractivity contribution in [2.24, 2.45) is 0 Å². The zero-order valence-corrected chi connectivity index (χ0v) is 13.1. The number of carbonyl (C=O) groups excluding carboxylic acids is 1. The summed E-state index contributed by atoms with van der Waals surface area (Å²) in [5.74, 6) is 0.146. The molecular formula is C15H16ClN3OS. The van der Waals surface area contributed by atoms with Crippen molar-refractivity contribution in [2.75, 3.05) is 26.2 Å². The summed E-state index contributed by atoms with van der Waals surface area (Å²) in [6.07, 6.45) is 0.362. The molecule has 0 radical (unpaired) electrons. The van der Waals surface area contributed by atoms with Crippen molar-refractivity contribution in [3.8, 4) is 10.6 Å². The number of carbonyl (C=O) groups is 1. The average molecular weight is 322 g/mol. The Labute approximate surface area is 132 Å². The van der Waals surface area contributed by atoms with Gasteiger partial charge in [-0.1, -0.05) is 29.8 Å². The van der Waals surface area contributed by atoms with Gasteiger partial charge in [-0.2, -0.15) is 0 Å². The number of rotatable bonds is 3. The first-order valence-electron chi connectivity index (χ1n) is 6.92. The zero-order valence-electron chi connectivity index (χ0n) is 11.5. The van der Waals surface area contributed by atoms with Gasteiger partial charge in [0.05, 0.1) is 17.1 Å². The van der Waals surface area contributed by atoms with Crippen LogP contribution in [0.1, 0.15) is 5.69 Å². The van der Waals surface area contributed by atoms with E-state index in [9.17, 15) is 4.79 Å². The second-order valence-electron chi connectivity index (χ2n) is 4.93. The molecule has 21 heavy (non-hydrogen) atoms. The van der Waals surface area contributed by atoms with Crippen LogP contribution in [0.25, 0.3) is 10.6 Å². The summed E-state index contributed by atoms with van der Waals surface area (Å²) < 4.78 is 0. The van der Waals surface area contributed by atoms with E-state index >= 15 is 0 Å². The molecule has 0 atom stereocenters. The fourth-order valence-electron chi connectivity index (χ4n) is 2.33. The maximum atomic E-state index is 12.2. The second-order valence-corrected chi connectivity index (χ2v) is 6.20. The fraction of sp³-hybridized carbons (Fsp3) is 0.333. The van der Waals surface area contributed by atoms with Crippen LogP contribution in [0.5, 0.6) is 0 Å². The first kappa shape index (κ1) is 14.5. The lowest BCUT2D eigenvalue weighted by Crippen LogP contribution is -2.46. The molecule has 0 unspecified atom stereocenters. The SMILES string of the molecule is O=C(Cc1csc(-c2ccccc2Cl)n1)N1CCNCC1. The molecule has 1 amide bonds. The van der Waals surface area contributed by atoms with Gasteiger partial charge < -0.3 is 10.2 Å². The van der Waals surface area contributed by atoms with Crippen LogP contribution in [0, 0.1) is 0 Å². The molecule has 1 aromatic carbocycles. The highest BCUT2D eigenvalue weighted by Gasteiger charge is 2.18. The number of benzene rings is 1. The molecule has 4 nitrogen and oxygen atoms in total. The largest absolute Gasteiger partial charge is 0.340 e. The van der Waals surface area contributed by atoms with Crippen molar-refractivity contribution in [1.82, 2.24) is 15.2 Å². The zero-order chi connectivity index (χ0) is 14.7. The molecule has 1 N–H and O–H groups in total. The Morgan fingerprint density at radius 3 is 2.86 bits per heavy atom. The number of hydrogen-bond acceptors (Lipinski definition) is 4. The predicted molar refractivity (Wildman–Crippen MR) is 85.7 cm³/mol. The number of aromatic nitrogens is 1. The smallest absolute Gasteiger partial charge is 0.228 e. The predicted octanol–water partition coefficient (Wildman–Crippen LogP) is 2.44. The average Bonchev–Trinajstić information content (AvgIpc) is 2.97. The lowest BCUT2D eigenvalue weighted by molar-refractivity contribution is -0.131. The molecule has 0 spiro atoms. The second kappa shape index (κ2) is 6.56. The van der Waals surface area contributed by atoms with Gasteiger partial charge in [-0.15, -0.1) is 11.3 Å². The number of amides is 1. The molecule has 1 saturated heterocycles. The lowest BCUT2D eigenvalue weighted by atomic mass is 10.2. The van der Waals surface area contributed by atoms with Gasteiger partial charge in [-0.3, -0.25) is 4.79 Å². The number of nitrogens with zero attached hydrogens (tertiary/aromatic N) is 2. The Hall–Kier alpha value is -1.43. The van der Waals surface area contributed by atoms with E-state index in [-0.39, 0.29) is 5.91 Å². The molecule has 1 fully saturated rings. The van der Waals surface area contributed by atoms with Gasteiger partial charge in [0.15, 0.2) is 0 Å². The van der Waals surface area contributed by atoms with Crippen LogP contribution in [0.3, 0.4) is 0 Å². The van der Waals surface area contributed by atoms with Crippen molar-refractivity contribution in [2.45, 2.75) is 6.42 Å². The molecule has 0 bridgehead atoms. The van der Waals surface area contributed by atoms with Crippen molar-refractivity contribution in [1.29, 1.82) is 0 Å². The van der Waals surface area contributed by atoms with Crippen molar-refractivity contribution < 1.29 is 4.79 Å². The first-order valence-corrected chi connectivity index (χ1v) is 8.17. The van der Waals surface area contributed by atoms with Crippen LogP contribution in [-0.2, 0) is 11.2 Å². The maximum absolute atomic E-state index is 12.2. The van der Waals surface area contributed by atoms with E-state index in [2.05, 4.69) is 10.3 Å². The number of hydrogen-bond donors (Lipinski definition) is 1. The molecule has 2 heterocycles. The van der Waals surface area contributed by atoms with Crippen molar-refractivity contribution >= 4 is 28.8 Å². The molecule has 1 aliphatic heterocycles. The summed E-state index contributed by atoms with van der Waals surface area (Å²) in [6.45, 7) is 3.29. The van der Waals surface area contributed by atoms with Crippen molar-refractivity contribution in [3.63, 3.8) is 0 Å². The van der Waals surface area contributed by atoms with E-state index in [1.807, 2.05) is 34.5 Å². The Balaban J connectivity index is 1.70. The topological polar surface area (TPSA) is 45.2 Å². The minimum absolute atomic E-state index is 0.146. The van der Waals surface area contributed by atoms with E-state index < -0.39 is 0 Å². The Bertz CT molecular complexity index is 637. The van der Waals surface area contributed by atoms with Gasteiger partial charge in [0.1, 0.15) is 5.01 Å². The molecule has 0 saturated carbocycles. The normalized spacial score (nSPS) is 15.2. The molecule has 2 aromatic rings. The summed E-state index contributed by atoms with van der Waals surface area (Å²) in [5.41, 5.74) is 1.74. The quantitative estimate of drug-likeness (QED) is 0.944. The Morgan fingerprint density at radius 2 is 2.10 bits per heavy atom. The van der Waals surface area contributed by atoms with E-state index in [0.29, 0.717) is 11.4 Å². The lowest BCUT2D eigenvalue weighted by Gasteiger charge is -2.27. The molecule has 1 aliphatic rings. The maximum Gasteiger partial charge on any atom is 0.228 e. The Morgan fingerprint density at radius 1 is 1.33 bits per heavy atom. The van der Waals surface area contributed by atoms with Gasteiger partial charge in [0, 0.05) is 37.1 Å². The molecule has 110 valence electrons. The first-order chi connectivity index (χ1) is 10.2. The molecule has 6 heteroatoms. The van der Waals surface area contributed by atoms with Crippen LogP contribution in [0.15, 0.2) is 29.6 Å². The minimum Gasteiger partial charge on any atom is -0.340 e. The third kappa shape index (κ3) is 3.43. The van der Waals surface area contributed by atoms with Crippen LogP contribution >= 0.6 is 22.9 Å². The monoisotopic (exact) mass is 321 g/mol. The van der Waals surface area contributed by atoms with E-state index in [1.165, 1.54) is 11.3 Å². The van der Waals surface area contributed by atoms with Gasteiger partial charge in [-0.25, -0.2) is 4.98 Å². The third-order valence-corrected chi connectivity index (χ3v) is 4.71. The summed E-state index contributed by atoms with van der Waals surface area (Å²) in [6, 6.07) is 7.63. The highest BCUT2D eigenvalue weighted by molar-refractivity contribution is 7.13. The standard InChI is InChI=1S/C15H16ClN3OS/c16-13-4-2-1-3-12(13)15-18-11(10-21-15)9-14(20)19-7-5-17-6-8-19/h1-4,10,17H,5-9H2. The minimum atomic E-state index is 0.146. The molecule has 0 aliphatic carbocycles. The molecule has 1 aromatic heterocycles. The molecule has 3 rings (SSSR count). The summed E-state index contributed by atoms with van der Waals surface area (Å²) in [4.78, 5) is 18.7. The third-order valence-electron chi connectivity index (χ3n) is 3.46. The summed E-state index contributed by atoms with van der Waals surface area (Å²) in [7, 11) is 0. The highest BCUT2D eigenvalue weighted by atomic mass is 35.5. The highest BCUT2D eigenvalue weighted by Crippen LogP contribution is 2.30. The van der Waals surface area contributed by atoms with Gasteiger partial charge in [0.2, 0.25) is 5.91 Å². The Kier molecular flexibility index (Phi) is 4.53. The van der Waals surface area contributed by atoms with Gasteiger partial charge in [-0.05, 0) is 6.07 Å².